The lowest BCUT2D eigenvalue weighted by Gasteiger charge is -2.13. The molecule has 0 aliphatic rings. The molecule has 0 radical (unpaired) electrons. The highest BCUT2D eigenvalue weighted by Gasteiger charge is 2.09. The number of aliphatic hydroxyl groups is 1. The van der Waals surface area contributed by atoms with Gasteiger partial charge >= 0.3 is 5.97 Å². The average Bonchev–Trinajstić information content (AvgIpc) is 2.88. The minimum Gasteiger partial charge on any atom is -0.462 e. The van der Waals surface area contributed by atoms with Crippen LogP contribution in [0.2, 0.25) is 0 Å². The van der Waals surface area contributed by atoms with Gasteiger partial charge in [-0.25, -0.2) is 4.79 Å². The number of benzene rings is 3. The maximum absolute atomic E-state index is 11.8. The Kier molecular flexibility index (Phi) is 10.3. The van der Waals surface area contributed by atoms with Gasteiger partial charge in [-0.3, -0.25) is 0 Å². The van der Waals surface area contributed by atoms with Crippen molar-refractivity contribution in [1.29, 1.82) is 0 Å². The lowest BCUT2D eigenvalue weighted by atomic mass is 9.94. The molecule has 0 unspecified atom stereocenters. The first-order chi connectivity index (χ1) is 17.0. The van der Waals surface area contributed by atoms with E-state index in [2.05, 4.69) is 80.2 Å². The standard InChI is InChI=1S/C32H38O3/c1-4-5-6-8-25-10-12-27(13-11-25)28-14-16-29(17-15-28)30-19-18-26(9-7-21-33)31(23-30)20-22-35-32(34)24(2)3/h10-19,23,33H,2,4-9,20-22H2,1,3H3. The molecule has 0 aliphatic carbocycles. The summed E-state index contributed by atoms with van der Waals surface area (Å²) >= 11 is 0. The largest absolute Gasteiger partial charge is 0.462 e. The van der Waals surface area contributed by atoms with Crippen LogP contribution in [0.15, 0.2) is 78.9 Å². The number of hydrogen-bond acceptors (Lipinski definition) is 3. The van der Waals surface area contributed by atoms with Gasteiger partial charge in [0.1, 0.15) is 0 Å². The number of aryl methyl sites for hydroxylation is 2. The summed E-state index contributed by atoms with van der Waals surface area (Å²) in [5.74, 6) is -0.359. The van der Waals surface area contributed by atoms with E-state index in [0.29, 0.717) is 25.0 Å². The Morgan fingerprint density at radius 3 is 1.97 bits per heavy atom. The van der Waals surface area contributed by atoms with Gasteiger partial charge in [-0.1, -0.05) is 93.1 Å². The van der Waals surface area contributed by atoms with Crippen LogP contribution in [-0.2, 0) is 28.8 Å². The van der Waals surface area contributed by atoms with Crippen molar-refractivity contribution in [2.45, 2.75) is 58.8 Å². The summed E-state index contributed by atoms with van der Waals surface area (Å²) in [4.78, 5) is 11.8. The maximum atomic E-state index is 11.8. The molecule has 0 spiro atoms. The second kappa shape index (κ2) is 13.7. The average molecular weight is 471 g/mol. The van der Waals surface area contributed by atoms with Crippen LogP contribution < -0.4 is 0 Å². The summed E-state index contributed by atoms with van der Waals surface area (Å²) in [6, 6.07) is 24.1. The van der Waals surface area contributed by atoms with Gasteiger partial charge in [0.05, 0.1) is 6.61 Å². The Balaban J connectivity index is 1.73. The minimum atomic E-state index is -0.359. The van der Waals surface area contributed by atoms with Crippen molar-refractivity contribution in [2.75, 3.05) is 13.2 Å². The predicted octanol–water partition coefficient (Wildman–Crippen LogP) is 7.34. The van der Waals surface area contributed by atoms with Gasteiger partial charge in [0.15, 0.2) is 0 Å². The fourth-order valence-corrected chi connectivity index (χ4v) is 4.23. The van der Waals surface area contributed by atoms with Crippen LogP contribution in [0, 0.1) is 0 Å². The van der Waals surface area contributed by atoms with Crippen molar-refractivity contribution in [1.82, 2.24) is 0 Å². The van der Waals surface area contributed by atoms with Crippen molar-refractivity contribution in [3.8, 4) is 22.3 Å². The van der Waals surface area contributed by atoms with Crippen LogP contribution >= 0.6 is 0 Å². The molecular weight excluding hydrogens is 432 g/mol. The third kappa shape index (κ3) is 7.93. The minimum absolute atomic E-state index is 0.160. The number of rotatable bonds is 13. The molecule has 3 nitrogen and oxygen atoms in total. The van der Waals surface area contributed by atoms with Crippen molar-refractivity contribution in [3.63, 3.8) is 0 Å². The smallest absolute Gasteiger partial charge is 0.333 e. The number of carbonyl (C=O) groups is 1. The SMILES string of the molecule is C=C(C)C(=O)OCCc1cc(-c2ccc(-c3ccc(CCCCC)cc3)cc2)ccc1CCCO. The zero-order valence-corrected chi connectivity index (χ0v) is 21.2. The van der Waals surface area contributed by atoms with Crippen molar-refractivity contribution in [2.24, 2.45) is 0 Å². The van der Waals surface area contributed by atoms with E-state index in [1.165, 1.54) is 41.5 Å². The summed E-state index contributed by atoms with van der Waals surface area (Å²) in [6.45, 7) is 8.00. The van der Waals surface area contributed by atoms with Gasteiger partial charge in [0, 0.05) is 18.6 Å². The zero-order valence-electron chi connectivity index (χ0n) is 21.2. The third-order valence-corrected chi connectivity index (χ3v) is 6.34. The number of ether oxygens (including phenoxy) is 1. The monoisotopic (exact) mass is 470 g/mol. The highest BCUT2D eigenvalue weighted by Crippen LogP contribution is 2.28. The second-order valence-electron chi connectivity index (χ2n) is 9.21. The van der Waals surface area contributed by atoms with E-state index in [9.17, 15) is 9.90 Å². The normalized spacial score (nSPS) is 10.8. The Hall–Kier alpha value is -3.17. The molecule has 0 heterocycles. The van der Waals surface area contributed by atoms with E-state index >= 15 is 0 Å². The van der Waals surface area contributed by atoms with Gasteiger partial charge < -0.3 is 9.84 Å². The number of aliphatic hydroxyl groups excluding tert-OH is 1. The maximum Gasteiger partial charge on any atom is 0.333 e. The van der Waals surface area contributed by atoms with Crippen LogP contribution in [0.5, 0.6) is 0 Å². The van der Waals surface area contributed by atoms with Crippen molar-refractivity contribution >= 4 is 5.97 Å². The topological polar surface area (TPSA) is 46.5 Å². The molecule has 0 aliphatic heterocycles. The molecule has 35 heavy (non-hydrogen) atoms. The predicted molar refractivity (Wildman–Crippen MR) is 145 cm³/mol. The molecule has 0 fully saturated rings. The van der Waals surface area contributed by atoms with Gasteiger partial charge in [-0.05, 0) is 71.6 Å². The van der Waals surface area contributed by atoms with Crippen LogP contribution in [0.3, 0.4) is 0 Å². The first kappa shape index (κ1) is 26.4. The van der Waals surface area contributed by atoms with Gasteiger partial charge in [0.2, 0.25) is 0 Å². The van der Waals surface area contributed by atoms with Gasteiger partial charge in [0.25, 0.3) is 0 Å². The quantitative estimate of drug-likeness (QED) is 0.161. The summed E-state index contributed by atoms with van der Waals surface area (Å²) in [7, 11) is 0. The van der Waals surface area contributed by atoms with E-state index < -0.39 is 0 Å². The highest BCUT2D eigenvalue weighted by molar-refractivity contribution is 5.86. The van der Waals surface area contributed by atoms with Gasteiger partial charge in [-0.2, -0.15) is 0 Å². The van der Waals surface area contributed by atoms with Crippen LogP contribution in [0.4, 0.5) is 0 Å². The zero-order chi connectivity index (χ0) is 25.0. The van der Waals surface area contributed by atoms with Crippen LogP contribution in [0.25, 0.3) is 22.3 Å². The van der Waals surface area contributed by atoms with E-state index in [-0.39, 0.29) is 12.6 Å². The van der Waals surface area contributed by atoms with Crippen LogP contribution in [-0.4, -0.2) is 24.3 Å². The van der Waals surface area contributed by atoms with E-state index in [4.69, 9.17) is 4.74 Å². The van der Waals surface area contributed by atoms with E-state index in [0.717, 1.165) is 29.5 Å². The molecule has 0 saturated heterocycles. The molecule has 3 heteroatoms. The molecule has 3 rings (SSSR count). The Morgan fingerprint density at radius 2 is 1.37 bits per heavy atom. The molecule has 0 atom stereocenters. The molecule has 3 aromatic rings. The fraction of sp³-hybridized carbons (Fsp3) is 0.344. The molecule has 0 bridgehead atoms. The molecule has 184 valence electrons. The van der Waals surface area contributed by atoms with Gasteiger partial charge in [-0.15, -0.1) is 0 Å². The molecule has 0 aromatic heterocycles. The Bertz CT molecular complexity index is 1090. The lowest BCUT2D eigenvalue weighted by molar-refractivity contribution is -0.138. The fourth-order valence-electron chi connectivity index (χ4n) is 4.23. The highest BCUT2D eigenvalue weighted by atomic mass is 16.5. The molecule has 1 N–H and O–H groups in total. The van der Waals surface area contributed by atoms with Crippen LogP contribution in [0.1, 0.15) is 56.2 Å². The Morgan fingerprint density at radius 1 is 0.771 bits per heavy atom. The number of esters is 1. The number of hydrogen-bond donors (Lipinski definition) is 1. The first-order valence-electron chi connectivity index (χ1n) is 12.8. The summed E-state index contributed by atoms with van der Waals surface area (Å²) in [6.07, 6.45) is 7.08. The lowest BCUT2D eigenvalue weighted by Crippen LogP contribution is -2.09. The van der Waals surface area contributed by atoms with Crippen molar-refractivity contribution in [3.05, 3.63) is 95.6 Å². The summed E-state index contributed by atoms with van der Waals surface area (Å²) in [5, 5.41) is 9.27. The number of unbranched alkanes of at least 4 members (excludes halogenated alkanes) is 2. The third-order valence-electron chi connectivity index (χ3n) is 6.34. The first-order valence-corrected chi connectivity index (χ1v) is 12.8. The Labute approximate surface area is 210 Å². The van der Waals surface area contributed by atoms with E-state index in [1.807, 2.05) is 0 Å². The second-order valence-corrected chi connectivity index (χ2v) is 9.21. The number of carbonyl (C=O) groups excluding carboxylic acids is 1. The summed E-state index contributed by atoms with van der Waals surface area (Å²) in [5.41, 5.74) is 8.87. The van der Waals surface area contributed by atoms with E-state index in [1.54, 1.807) is 6.92 Å². The molecule has 3 aromatic carbocycles. The molecular formula is C32H38O3. The molecule has 0 amide bonds. The molecule has 0 saturated carbocycles. The van der Waals surface area contributed by atoms with Crippen molar-refractivity contribution < 1.29 is 14.6 Å². The summed E-state index contributed by atoms with van der Waals surface area (Å²) < 4.78 is 5.32.